The van der Waals surface area contributed by atoms with Crippen molar-refractivity contribution in [1.82, 2.24) is 20.2 Å². The first kappa shape index (κ1) is 14.7. The molecule has 5 heteroatoms. The van der Waals surface area contributed by atoms with Crippen LogP contribution in [0.2, 0.25) is 0 Å². The fourth-order valence-electron chi connectivity index (χ4n) is 1.55. The van der Waals surface area contributed by atoms with Crippen molar-refractivity contribution in [2.75, 3.05) is 13.6 Å². The molecule has 0 aromatic carbocycles. The normalized spacial score (nSPS) is 11.6. The van der Waals surface area contributed by atoms with Gasteiger partial charge in [0.15, 0.2) is 0 Å². The van der Waals surface area contributed by atoms with E-state index in [4.69, 9.17) is 0 Å². The molecule has 5 nitrogen and oxygen atoms in total. The quantitative estimate of drug-likeness (QED) is 0.759. The van der Waals surface area contributed by atoms with Crippen molar-refractivity contribution in [3.63, 3.8) is 0 Å². The fourth-order valence-corrected chi connectivity index (χ4v) is 1.55. The predicted octanol–water partition coefficient (Wildman–Crippen LogP) is 0.950. The standard InChI is InChI=1S/C13H24N4O/c1-5-13(2,3)16-12(18)9-17-8-11(15-10-17)6-7-14-4/h8,10,14H,5-7,9H2,1-4H3,(H,16,18). The van der Waals surface area contributed by atoms with Crippen molar-refractivity contribution in [3.8, 4) is 0 Å². The van der Waals surface area contributed by atoms with Crippen molar-refractivity contribution in [3.05, 3.63) is 18.2 Å². The Morgan fingerprint density at radius 1 is 1.50 bits per heavy atom. The van der Waals surface area contributed by atoms with Gasteiger partial charge in [-0.3, -0.25) is 4.79 Å². The molecule has 0 unspecified atom stereocenters. The maximum absolute atomic E-state index is 11.8. The van der Waals surface area contributed by atoms with Crippen LogP contribution in [0.5, 0.6) is 0 Å². The first-order valence-electron chi connectivity index (χ1n) is 6.43. The van der Waals surface area contributed by atoms with Gasteiger partial charge in [-0.05, 0) is 27.3 Å². The van der Waals surface area contributed by atoms with Gasteiger partial charge in [0.25, 0.3) is 0 Å². The molecule has 102 valence electrons. The van der Waals surface area contributed by atoms with Crippen molar-refractivity contribution in [2.24, 2.45) is 0 Å². The van der Waals surface area contributed by atoms with Gasteiger partial charge in [-0.1, -0.05) is 6.92 Å². The summed E-state index contributed by atoms with van der Waals surface area (Å²) in [4.78, 5) is 16.1. The monoisotopic (exact) mass is 252 g/mol. The summed E-state index contributed by atoms with van der Waals surface area (Å²) in [6, 6.07) is 0. The van der Waals surface area contributed by atoms with E-state index in [-0.39, 0.29) is 11.4 Å². The molecule has 0 aliphatic rings. The summed E-state index contributed by atoms with van der Waals surface area (Å²) in [6.45, 7) is 7.34. The third-order valence-electron chi connectivity index (χ3n) is 3.01. The molecule has 1 aromatic heterocycles. The first-order chi connectivity index (χ1) is 8.46. The molecule has 1 amide bonds. The number of likely N-dealkylation sites (N-methyl/N-ethyl adjacent to an activating group) is 1. The second-order valence-electron chi connectivity index (χ2n) is 5.18. The van der Waals surface area contributed by atoms with Crippen LogP contribution < -0.4 is 10.6 Å². The van der Waals surface area contributed by atoms with Crippen LogP contribution in [0.3, 0.4) is 0 Å². The van der Waals surface area contributed by atoms with Crippen molar-refractivity contribution in [1.29, 1.82) is 0 Å². The molecule has 0 spiro atoms. The lowest BCUT2D eigenvalue weighted by Crippen LogP contribution is -2.44. The molecule has 1 aromatic rings. The van der Waals surface area contributed by atoms with E-state index in [9.17, 15) is 4.79 Å². The summed E-state index contributed by atoms with van der Waals surface area (Å²) >= 11 is 0. The average molecular weight is 252 g/mol. The van der Waals surface area contributed by atoms with Crippen LogP contribution in [-0.2, 0) is 17.8 Å². The van der Waals surface area contributed by atoms with E-state index in [1.54, 1.807) is 6.33 Å². The number of nitrogens with one attached hydrogen (secondary N) is 2. The molecular weight excluding hydrogens is 228 g/mol. The van der Waals surface area contributed by atoms with E-state index in [1.165, 1.54) is 0 Å². The molecule has 0 fully saturated rings. The number of nitrogens with zero attached hydrogens (tertiary/aromatic N) is 2. The highest BCUT2D eigenvalue weighted by Crippen LogP contribution is 2.06. The zero-order chi connectivity index (χ0) is 13.6. The largest absolute Gasteiger partial charge is 0.350 e. The van der Waals surface area contributed by atoms with Gasteiger partial charge in [-0.2, -0.15) is 0 Å². The van der Waals surface area contributed by atoms with E-state index in [0.717, 1.165) is 25.1 Å². The van der Waals surface area contributed by atoms with Gasteiger partial charge in [0.05, 0.1) is 12.0 Å². The van der Waals surface area contributed by atoms with Gasteiger partial charge in [0.1, 0.15) is 6.54 Å². The number of imidazole rings is 1. The van der Waals surface area contributed by atoms with Crippen molar-refractivity contribution in [2.45, 2.75) is 45.7 Å². The van der Waals surface area contributed by atoms with Crippen LogP contribution in [0.15, 0.2) is 12.5 Å². The smallest absolute Gasteiger partial charge is 0.240 e. The number of aromatic nitrogens is 2. The predicted molar refractivity (Wildman–Crippen MR) is 72.4 cm³/mol. The van der Waals surface area contributed by atoms with Gasteiger partial charge in [0, 0.05) is 24.7 Å². The van der Waals surface area contributed by atoms with Gasteiger partial charge in [-0.15, -0.1) is 0 Å². The average Bonchev–Trinajstić information content (AvgIpc) is 2.73. The Bertz CT molecular complexity index is 384. The van der Waals surface area contributed by atoms with Crippen LogP contribution in [0.4, 0.5) is 0 Å². The van der Waals surface area contributed by atoms with Gasteiger partial charge >= 0.3 is 0 Å². The zero-order valence-corrected chi connectivity index (χ0v) is 11.8. The van der Waals surface area contributed by atoms with E-state index in [2.05, 4.69) is 22.5 Å². The minimum atomic E-state index is -0.146. The lowest BCUT2D eigenvalue weighted by Gasteiger charge is -2.24. The number of hydrogen-bond donors (Lipinski definition) is 2. The summed E-state index contributed by atoms with van der Waals surface area (Å²) in [7, 11) is 1.91. The minimum Gasteiger partial charge on any atom is -0.350 e. The second kappa shape index (κ2) is 6.54. The Labute approximate surface area is 109 Å². The number of amides is 1. The van der Waals surface area contributed by atoms with Crippen LogP contribution in [-0.4, -0.2) is 34.6 Å². The van der Waals surface area contributed by atoms with Crippen LogP contribution >= 0.6 is 0 Å². The van der Waals surface area contributed by atoms with E-state index < -0.39 is 0 Å². The topological polar surface area (TPSA) is 59.0 Å². The van der Waals surface area contributed by atoms with Gasteiger partial charge in [-0.25, -0.2) is 4.98 Å². The Hall–Kier alpha value is -1.36. The van der Waals surface area contributed by atoms with Gasteiger partial charge in [0.2, 0.25) is 5.91 Å². The SMILES string of the molecule is CCC(C)(C)NC(=O)Cn1cnc(CCNC)c1. The molecule has 18 heavy (non-hydrogen) atoms. The molecule has 0 saturated carbocycles. The second-order valence-corrected chi connectivity index (χ2v) is 5.18. The fraction of sp³-hybridized carbons (Fsp3) is 0.692. The molecule has 0 radical (unpaired) electrons. The Kier molecular flexibility index (Phi) is 5.34. The number of rotatable bonds is 7. The molecule has 0 atom stereocenters. The summed E-state index contributed by atoms with van der Waals surface area (Å²) in [5.74, 6) is 0.0272. The van der Waals surface area contributed by atoms with Gasteiger partial charge < -0.3 is 15.2 Å². The highest BCUT2D eigenvalue weighted by atomic mass is 16.2. The lowest BCUT2D eigenvalue weighted by molar-refractivity contribution is -0.123. The van der Waals surface area contributed by atoms with E-state index >= 15 is 0 Å². The number of hydrogen-bond acceptors (Lipinski definition) is 3. The highest BCUT2D eigenvalue weighted by molar-refractivity contribution is 5.76. The summed E-state index contributed by atoms with van der Waals surface area (Å²) in [5, 5.41) is 6.08. The maximum Gasteiger partial charge on any atom is 0.240 e. The molecule has 2 N–H and O–H groups in total. The van der Waals surface area contributed by atoms with Crippen molar-refractivity contribution >= 4 is 5.91 Å². The summed E-state index contributed by atoms with van der Waals surface area (Å²) in [6.07, 6.45) is 5.43. The Morgan fingerprint density at radius 3 is 2.83 bits per heavy atom. The summed E-state index contributed by atoms with van der Waals surface area (Å²) < 4.78 is 1.83. The molecule has 1 rings (SSSR count). The molecular formula is C13H24N4O. The number of carbonyl (C=O) groups is 1. The minimum absolute atomic E-state index is 0.0272. The van der Waals surface area contributed by atoms with Crippen LogP contribution in [0.25, 0.3) is 0 Å². The van der Waals surface area contributed by atoms with Crippen molar-refractivity contribution < 1.29 is 4.79 Å². The third kappa shape index (κ3) is 4.87. The molecule has 0 bridgehead atoms. The number of carbonyl (C=O) groups excluding carboxylic acids is 1. The molecule has 1 heterocycles. The Balaban J connectivity index is 2.47. The van der Waals surface area contributed by atoms with Crippen LogP contribution in [0, 0.1) is 0 Å². The molecule has 0 saturated heterocycles. The van der Waals surface area contributed by atoms with E-state index in [0.29, 0.717) is 6.54 Å². The lowest BCUT2D eigenvalue weighted by atomic mass is 10.0. The first-order valence-corrected chi connectivity index (χ1v) is 6.43. The zero-order valence-electron chi connectivity index (χ0n) is 11.8. The molecule has 0 aliphatic carbocycles. The Morgan fingerprint density at radius 2 is 2.22 bits per heavy atom. The highest BCUT2D eigenvalue weighted by Gasteiger charge is 2.17. The maximum atomic E-state index is 11.8. The summed E-state index contributed by atoms with van der Waals surface area (Å²) in [5.41, 5.74) is 0.860. The van der Waals surface area contributed by atoms with Crippen LogP contribution in [0.1, 0.15) is 32.9 Å². The third-order valence-corrected chi connectivity index (χ3v) is 3.01. The van der Waals surface area contributed by atoms with E-state index in [1.807, 2.05) is 31.7 Å². The molecule has 0 aliphatic heterocycles.